The van der Waals surface area contributed by atoms with E-state index >= 15 is 0 Å². The average Bonchev–Trinajstić information content (AvgIpc) is 2.93. The van der Waals surface area contributed by atoms with E-state index in [9.17, 15) is 22.4 Å². The third-order valence-electron chi connectivity index (χ3n) is 4.59. The van der Waals surface area contributed by atoms with Crippen molar-refractivity contribution in [1.29, 1.82) is 0 Å². The van der Waals surface area contributed by atoms with Gasteiger partial charge in [0.1, 0.15) is 11.5 Å². The summed E-state index contributed by atoms with van der Waals surface area (Å²) in [5.74, 6) is -3.68. The zero-order valence-corrected chi connectivity index (χ0v) is 15.3. The summed E-state index contributed by atoms with van der Waals surface area (Å²) >= 11 is 5.71. The zero-order chi connectivity index (χ0) is 20.7. The molecule has 0 fully saturated rings. The molecule has 1 aromatic heterocycles. The van der Waals surface area contributed by atoms with Crippen molar-refractivity contribution in [2.75, 3.05) is 5.32 Å². The van der Waals surface area contributed by atoms with Crippen LogP contribution in [0.25, 0.3) is 0 Å². The number of amides is 1. The highest BCUT2D eigenvalue weighted by molar-refractivity contribution is 6.30. The number of nitrogens with two attached hydrogens (primary N) is 1. The molecule has 0 spiro atoms. The molecule has 2 aromatic rings. The minimum absolute atomic E-state index is 0.0396. The Labute approximate surface area is 162 Å². The van der Waals surface area contributed by atoms with Crippen molar-refractivity contribution in [3.63, 3.8) is 0 Å². The highest BCUT2D eigenvalue weighted by Gasteiger charge is 2.56. The largest absolute Gasteiger partial charge is 0.394 e. The Morgan fingerprint density at radius 2 is 2.04 bits per heavy atom. The van der Waals surface area contributed by atoms with Crippen molar-refractivity contribution >= 4 is 29.0 Å². The van der Waals surface area contributed by atoms with Gasteiger partial charge in [0.25, 0.3) is 5.91 Å². The van der Waals surface area contributed by atoms with Crippen molar-refractivity contribution < 1.29 is 22.4 Å². The maximum atomic E-state index is 14.4. The third-order valence-corrected chi connectivity index (χ3v) is 4.82. The maximum Gasteiger partial charge on any atom is 0.394 e. The summed E-state index contributed by atoms with van der Waals surface area (Å²) in [6.45, 7) is 1.18. The Morgan fingerprint density at radius 3 is 2.64 bits per heavy atom. The number of alkyl halides is 3. The molecule has 3 rings (SSSR count). The van der Waals surface area contributed by atoms with Crippen molar-refractivity contribution in [3.05, 3.63) is 58.6 Å². The second kappa shape index (κ2) is 7.05. The van der Waals surface area contributed by atoms with E-state index in [1.54, 1.807) is 0 Å². The van der Waals surface area contributed by atoms with E-state index < -0.39 is 35.8 Å². The monoisotopic (exact) mass is 414 g/mol. The van der Waals surface area contributed by atoms with E-state index in [0.717, 1.165) is 12.1 Å². The van der Waals surface area contributed by atoms with Crippen LogP contribution in [-0.4, -0.2) is 22.9 Å². The number of pyridine rings is 1. The summed E-state index contributed by atoms with van der Waals surface area (Å²) in [7, 11) is 0. The minimum Gasteiger partial charge on any atom is -0.387 e. The van der Waals surface area contributed by atoms with E-state index in [4.69, 9.17) is 17.3 Å². The molecule has 2 heterocycles. The molecule has 0 saturated carbocycles. The van der Waals surface area contributed by atoms with Crippen LogP contribution in [0.5, 0.6) is 0 Å². The molecular formula is C18H15ClF4N4O. The second-order valence-corrected chi connectivity index (χ2v) is 7.00. The van der Waals surface area contributed by atoms with E-state index in [-0.39, 0.29) is 22.8 Å². The number of amidine groups is 1. The molecule has 5 nitrogen and oxygen atoms in total. The molecule has 1 aliphatic rings. The molecule has 1 amide bonds. The van der Waals surface area contributed by atoms with Crippen LogP contribution < -0.4 is 11.1 Å². The lowest BCUT2D eigenvalue weighted by Crippen LogP contribution is -2.38. The SMILES string of the molecule is CC1(c2cc(NC(=O)c3ccc(Cl)cn3)ccc2F)N=C(N)CC1C(F)(F)F. The van der Waals surface area contributed by atoms with Gasteiger partial charge in [-0.25, -0.2) is 9.37 Å². The quantitative estimate of drug-likeness (QED) is 0.735. The Balaban J connectivity index is 1.95. The first kappa shape index (κ1) is 20.1. The smallest absolute Gasteiger partial charge is 0.387 e. The number of rotatable bonds is 3. The summed E-state index contributed by atoms with van der Waals surface area (Å²) < 4.78 is 54.9. The lowest BCUT2D eigenvalue weighted by molar-refractivity contribution is -0.187. The third kappa shape index (κ3) is 3.80. The van der Waals surface area contributed by atoms with Gasteiger partial charge in [-0.1, -0.05) is 11.6 Å². The molecule has 0 bridgehead atoms. The van der Waals surface area contributed by atoms with Gasteiger partial charge in [-0.05, 0) is 37.3 Å². The normalized spacial score (nSPS) is 22.1. The predicted octanol–water partition coefficient (Wildman–Crippen LogP) is 4.28. The van der Waals surface area contributed by atoms with Crippen LogP contribution in [0.15, 0.2) is 41.5 Å². The molecule has 2 atom stereocenters. The summed E-state index contributed by atoms with van der Waals surface area (Å²) in [6.07, 6.45) is -3.87. The van der Waals surface area contributed by atoms with Gasteiger partial charge in [0, 0.05) is 23.9 Å². The van der Waals surface area contributed by atoms with Gasteiger partial charge in [0.05, 0.1) is 22.3 Å². The van der Waals surface area contributed by atoms with Crippen LogP contribution in [0.1, 0.15) is 29.4 Å². The topological polar surface area (TPSA) is 80.4 Å². The van der Waals surface area contributed by atoms with Crippen LogP contribution in [0.3, 0.4) is 0 Å². The molecule has 2 unspecified atom stereocenters. The molecule has 148 valence electrons. The number of carbonyl (C=O) groups excluding carboxylic acids is 1. The number of nitrogens with one attached hydrogen (secondary N) is 1. The van der Waals surface area contributed by atoms with Crippen molar-refractivity contribution in [1.82, 2.24) is 4.98 Å². The van der Waals surface area contributed by atoms with Crippen LogP contribution in [0.2, 0.25) is 5.02 Å². The lowest BCUT2D eigenvalue weighted by Gasteiger charge is -2.31. The molecule has 0 saturated heterocycles. The number of hydrogen-bond acceptors (Lipinski definition) is 4. The highest BCUT2D eigenvalue weighted by atomic mass is 35.5. The van der Waals surface area contributed by atoms with Gasteiger partial charge in [0.15, 0.2) is 0 Å². The van der Waals surface area contributed by atoms with Crippen molar-refractivity contribution in [2.45, 2.75) is 25.1 Å². The van der Waals surface area contributed by atoms with E-state index in [1.807, 2.05) is 0 Å². The van der Waals surface area contributed by atoms with E-state index in [1.165, 1.54) is 31.3 Å². The highest BCUT2D eigenvalue weighted by Crippen LogP contribution is 2.49. The number of anilines is 1. The first-order chi connectivity index (χ1) is 13.0. The molecule has 1 aromatic carbocycles. The predicted molar refractivity (Wildman–Crippen MR) is 96.7 cm³/mol. The number of carbonyl (C=O) groups is 1. The van der Waals surface area contributed by atoms with Crippen LogP contribution in [-0.2, 0) is 5.54 Å². The molecule has 0 aliphatic carbocycles. The molecule has 0 radical (unpaired) electrons. The van der Waals surface area contributed by atoms with Crippen LogP contribution in [0.4, 0.5) is 23.2 Å². The lowest BCUT2D eigenvalue weighted by atomic mass is 9.79. The Kier molecular flexibility index (Phi) is 5.05. The number of benzene rings is 1. The van der Waals surface area contributed by atoms with Crippen molar-refractivity contribution in [3.8, 4) is 0 Å². The second-order valence-electron chi connectivity index (χ2n) is 6.56. The number of aliphatic imine (C=N–C) groups is 1. The fraction of sp³-hybridized carbons (Fsp3) is 0.278. The summed E-state index contributed by atoms with van der Waals surface area (Å²) in [5.41, 5.74) is 3.42. The zero-order valence-electron chi connectivity index (χ0n) is 14.5. The minimum atomic E-state index is -4.63. The Morgan fingerprint density at radius 1 is 1.32 bits per heavy atom. The molecule has 3 N–H and O–H groups in total. The fourth-order valence-corrected chi connectivity index (χ4v) is 3.32. The summed E-state index contributed by atoms with van der Waals surface area (Å²) in [4.78, 5) is 20.0. The number of halogens is 5. The van der Waals surface area contributed by atoms with Gasteiger partial charge in [-0.3, -0.25) is 9.79 Å². The molecule has 1 aliphatic heterocycles. The van der Waals surface area contributed by atoms with Gasteiger partial charge < -0.3 is 11.1 Å². The standard InChI is InChI=1S/C18H15ClF4N4O/c1-17(14(18(21,22)23)7-15(24)27-17)11-6-10(3-4-12(11)20)26-16(28)13-5-2-9(19)8-25-13/h2-6,8,14H,7H2,1H3,(H2,24,27)(H,26,28). The molecular weight excluding hydrogens is 400 g/mol. The Hall–Kier alpha value is -2.68. The molecule has 10 heteroatoms. The summed E-state index contributed by atoms with van der Waals surface area (Å²) in [5, 5.41) is 2.82. The first-order valence-electron chi connectivity index (χ1n) is 8.14. The van der Waals surface area contributed by atoms with Crippen LogP contribution in [0, 0.1) is 11.7 Å². The van der Waals surface area contributed by atoms with Crippen molar-refractivity contribution in [2.24, 2.45) is 16.6 Å². The number of aromatic nitrogens is 1. The summed E-state index contributed by atoms with van der Waals surface area (Å²) in [6, 6.07) is 6.18. The number of nitrogens with zero attached hydrogens (tertiary/aromatic N) is 2. The fourth-order valence-electron chi connectivity index (χ4n) is 3.21. The maximum absolute atomic E-state index is 14.4. The van der Waals surface area contributed by atoms with E-state index in [0.29, 0.717) is 5.02 Å². The van der Waals surface area contributed by atoms with Gasteiger partial charge in [-0.2, -0.15) is 13.2 Å². The molecule has 28 heavy (non-hydrogen) atoms. The van der Waals surface area contributed by atoms with E-state index in [2.05, 4.69) is 15.3 Å². The number of hydrogen-bond donors (Lipinski definition) is 2. The first-order valence-corrected chi connectivity index (χ1v) is 8.52. The van der Waals surface area contributed by atoms with Gasteiger partial charge in [0.2, 0.25) is 0 Å². The van der Waals surface area contributed by atoms with Crippen LogP contribution >= 0.6 is 11.6 Å². The van der Waals surface area contributed by atoms with Gasteiger partial charge in [-0.15, -0.1) is 0 Å². The average molecular weight is 415 g/mol. The van der Waals surface area contributed by atoms with Gasteiger partial charge >= 0.3 is 6.18 Å². The Bertz CT molecular complexity index is 946.